The monoisotopic (exact) mass is 447 g/mol. The molecule has 0 radical (unpaired) electrons. The fraction of sp³-hybridized carbons (Fsp3) is 0.360. The number of hydrogen-bond acceptors (Lipinski definition) is 8. The zero-order valence-electron chi connectivity index (χ0n) is 19.6. The van der Waals surface area contributed by atoms with Crippen molar-refractivity contribution >= 4 is 11.3 Å². The lowest BCUT2D eigenvalue weighted by Gasteiger charge is -2.13. The molecular formula is C25H29N5O3. The van der Waals surface area contributed by atoms with Gasteiger partial charge in [-0.2, -0.15) is 0 Å². The Kier molecular flexibility index (Phi) is 6.67. The lowest BCUT2D eigenvalue weighted by Crippen LogP contribution is -2.29. The van der Waals surface area contributed by atoms with Crippen molar-refractivity contribution in [1.82, 2.24) is 20.4 Å². The molecule has 1 aromatic carbocycles. The van der Waals surface area contributed by atoms with Crippen LogP contribution in [0.5, 0.6) is 5.75 Å². The first-order valence-electron chi connectivity index (χ1n) is 11.0. The van der Waals surface area contributed by atoms with E-state index in [1.54, 1.807) is 7.05 Å². The molecule has 0 saturated carbocycles. The Labute approximate surface area is 193 Å². The second-order valence-corrected chi connectivity index (χ2v) is 8.27. The van der Waals surface area contributed by atoms with Crippen molar-refractivity contribution < 1.29 is 14.4 Å². The van der Waals surface area contributed by atoms with Gasteiger partial charge in [0.2, 0.25) is 0 Å². The minimum Gasteiger partial charge on any atom is -0.491 e. The maximum atomic E-state index is 9.95. The van der Waals surface area contributed by atoms with Crippen LogP contribution in [0.3, 0.4) is 0 Å². The molecule has 33 heavy (non-hydrogen) atoms. The van der Waals surface area contributed by atoms with Crippen LogP contribution in [0.2, 0.25) is 0 Å². The standard InChI is InChI=1S/C25H29N5O3/c1-14-11-27-15(2)23(14)21-10-22(24-16(3)30-33-17(24)4)29-25(28-21)18-7-6-8-20(9-18)32-13-19(31)12-26-5/h6-10,19,26,31H,11-13H2,1-5H3. The fourth-order valence-corrected chi connectivity index (χ4v) is 4.00. The highest BCUT2D eigenvalue weighted by Gasteiger charge is 2.21. The predicted octanol–water partition coefficient (Wildman–Crippen LogP) is 3.62. The summed E-state index contributed by atoms with van der Waals surface area (Å²) in [6.45, 7) is 9.21. The number of benzene rings is 1. The molecule has 0 amide bonds. The smallest absolute Gasteiger partial charge is 0.160 e. The third-order valence-electron chi connectivity index (χ3n) is 5.59. The first-order chi connectivity index (χ1) is 15.9. The van der Waals surface area contributed by atoms with E-state index in [0.717, 1.165) is 39.5 Å². The van der Waals surface area contributed by atoms with E-state index in [2.05, 4.69) is 22.4 Å². The summed E-state index contributed by atoms with van der Waals surface area (Å²) in [5.74, 6) is 1.93. The maximum Gasteiger partial charge on any atom is 0.160 e. The van der Waals surface area contributed by atoms with Crippen molar-refractivity contribution in [2.45, 2.75) is 33.8 Å². The highest BCUT2D eigenvalue weighted by Crippen LogP contribution is 2.32. The van der Waals surface area contributed by atoms with Crippen LogP contribution in [-0.4, -0.2) is 58.8 Å². The van der Waals surface area contributed by atoms with E-state index in [4.69, 9.17) is 19.2 Å². The lowest BCUT2D eigenvalue weighted by atomic mass is 10.0. The third kappa shape index (κ3) is 4.86. The highest BCUT2D eigenvalue weighted by atomic mass is 16.5. The second-order valence-electron chi connectivity index (χ2n) is 8.27. The molecule has 2 aromatic heterocycles. The molecule has 0 aliphatic carbocycles. The van der Waals surface area contributed by atoms with Gasteiger partial charge in [0, 0.05) is 23.4 Å². The molecule has 0 bridgehead atoms. The molecule has 1 atom stereocenters. The Hall–Kier alpha value is -3.36. The SMILES string of the molecule is CNCC(O)COc1cccc(-c2nc(C3=C(C)CN=C3C)cc(-c3c(C)noc3C)n2)c1. The molecule has 8 nitrogen and oxygen atoms in total. The van der Waals surface area contributed by atoms with E-state index in [9.17, 15) is 5.11 Å². The van der Waals surface area contributed by atoms with Crippen LogP contribution >= 0.6 is 0 Å². The van der Waals surface area contributed by atoms with Crippen LogP contribution in [0.25, 0.3) is 28.2 Å². The first kappa shape index (κ1) is 22.8. The number of allylic oxidation sites excluding steroid dienone is 1. The summed E-state index contributed by atoms with van der Waals surface area (Å²) in [6, 6.07) is 9.57. The van der Waals surface area contributed by atoms with E-state index in [0.29, 0.717) is 30.4 Å². The number of likely N-dealkylation sites (N-methyl/N-ethyl adjacent to an activating group) is 1. The summed E-state index contributed by atoms with van der Waals surface area (Å²) in [7, 11) is 1.79. The second kappa shape index (κ2) is 9.64. The minimum atomic E-state index is -0.594. The van der Waals surface area contributed by atoms with Crippen LogP contribution < -0.4 is 10.1 Å². The third-order valence-corrected chi connectivity index (χ3v) is 5.59. The summed E-state index contributed by atoms with van der Waals surface area (Å²) in [4.78, 5) is 14.3. The number of aliphatic hydroxyl groups excluding tert-OH is 1. The van der Waals surface area contributed by atoms with E-state index in [1.165, 1.54) is 5.57 Å². The summed E-state index contributed by atoms with van der Waals surface area (Å²) < 4.78 is 11.2. The van der Waals surface area contributed by atoms with Crippen molar-refractivity contribution in [2.24, 2.45) is 4.99 Å². The van der Waals surface area contributed by atoms with E-state index in [1.807, 2.05) is 51.1 Å². The van der Waals surface area contributed by atoms with Crippen LogP contribution in [0.15, 0.2) is 45.4 Å². The van der Waals surface area contributed by atoms with Gasteiger partial charge in [0.25, 0.3) is 0 Å². The van der Waals surface area contributed by atoms with Gasteiger partial charge in [-0.1, -0.05) is 17.3 Å². The molecule has 1 aliphatic heterocycles. The Morgan fingerprint density at radius 1 is 1.12 bits per heavy atom. The number of rotatable bonds is 8. The minimum absolute atomic E-state index is 0.192. The normalized spacial score (nSPS) is 14.5. The fourth-order valence-electron chi connectivity index (χ4n) is 4.00. The van der Waals surface area contributed by atoms with Crippen LogP contribution in [0.4, 0.5) is 0 Å². The maximum absolute atomic E-state index is 9.95. The van der Waals surface area contributed by atoms with Crippen LogP contribution in [0.1, 0.15) is 31.0 Å². The molecular weight excluding hydrogens is 418 g/mol. The quantitative estimate of drug-likeness (QED) is 0.543. The van der Waals surface area contributed by atoms with Gasteiger partial charge in [0.05, 0.1) is 29.2 Å². The van der Waals surface area contributed by atoms with Crippen LogP contribution in [-0.2, 0) is 0 Å². The number of ether oxygens (including phenoxy) is 1. The number of nitrogens with one attached hydrogen (secondary N) is 1. The summed E-state index contributed by atoms with van der Waals surface area (Å²) in [5.41, 5.74) is 7.24. The first-order valence-corrected chi connectivity index (χ1v) is 11.0. The Morgan fingerprint density at radius 3 is 2.58 bits per heavy atom. The number of aryl methyl sites for hydroxylation is 2. The highest BCUT2D eigenvalue weighted by molar-refractivity contribution is 6.24. The zero-order valence-corrected chi connectivity index (χ0v) is 19.6. The van der Waals surface area contributed by atoms with Crippen molar-refractivity contribution in [3.05, 3.63) is 53.1 Å². The average molecular weight is 448 g/mol. The van der Waals surface area contributed by atoms with E-state index < -0.39 is 6.10 Å². The Morgan fingerprint density at radius 2 is 1.91 bits per heavy atom. The van der Waals surface area contributed by atoms with Crippen LogP contribution in [0, 0.1) is 13.8 Å². The van der Waals surface area contributed by atoms with Gasteiger partial charge < -0.3 is 19.7 Å². The number of aliphatic hydroxyl groups is 1. The van der Waals surface area contributed by atoms with Gasteiger partial charge in [-0.05, 0) is 58.5 Å². The van der Waals surface area contributed by atoms with E-state index >= 15 is 0 Å². The molecule has 0 fully saturated rings. The molecule has 4 rings (SSSR count). The van der Waals surface area contributed by atoms with Crippen molar-refractivity contribution in [3.63, 3.8) is 0 Å². The Balaban J connectivity index is 1.78. The molecule has 1 aliphatic rings. The number of nitrogens with zero attached hydrogens (tertiary/aromatic N) is 4. The predicted molar refractivity (Wildman–Crippen MR) is 128 cm³/mol. The molecule has 3 aromatic rings. The van der Waals surface area contributed by atoms with Gasteiger partial charge in [0.15, 0.2) is 5.82 Å². The van der Waals surface area contributed by atoms with E-state index in [-0.39, 0.29) is 6.61 Å². The van der Waals surface area contributed by atoms with Gasteiger partial charge in [0.1, 0.15) is 24.2 Å². The molecule has 1 unspecified atom stereocenters. The molecule has 172 valence electrons. The van der Waals surface area contributed by atoms with Crippen molar-refractivity contribution in [1.29, 1.82) is 0 Å². The largest absolute Gasteiger partial charge is 0.491 e. The molecule has 3 heterocycles. The lowest BCUT2D eigenvalue weighted by molar-refractivity contribution is 0.108. The summed E-state index contributed by atoms with van der Waals surface area (Å²) in [6.07, 6.45) is -0.594. The van der Waals surface area contributed by atoms with Crippen molar-refractivity contribution in [2.75, 3.05) is 26.7 Å². The van der Waals surface area contributed by atoms with Gasteiger partial charge in [-0.3, -0.25) is 4.99 Å². The molecule has 0 saturated heterocycles. The Bertz CT molecular complexity index is 1210. The molecule has 2 N–H and O–H groups in total. The number of aromatic nitrogens is 3. The topological polar surface area (TPSA) is 106 Å². The summed E-state index contributed by atoms with van der Waals surface area (Å²) >= 11 is 0. The van der Waals surface area contributed by atoms with Gasteiger partial charge in [-0.15, -0.1) is 0 Å². The summed E-state index contributed by atoms with van der Waals surface area (Å²) in [5, 5.41) is 17.0. The average Bonchev–Trinajstić information content (AvgIpc) is 3.32. The van der Waals surface area contributed by atoms with Gasteiger partial charge in [-0.25, -0.2) is 9.97 Å². The molecule has 8 heteroatoms. The van der Waals surface area contributed by atoms with Gasteiger partial charge >= 0.3 is 0 Å². The number of aliphatic imine (C=N–C) groups is 1. The molecule has 0 spiro atoms. The number of hydrogen-bond donors (Lipinski definition) is 2. The van der Waals surface area contributed by atoms with Crippen molar-refractivity contribution in [3.8, 4) is 28.4 Å². The zero-order chi connectivity index (χ0) is 23.5.